The van der Waals surface area contributed by atoms with Crippen LogP contribution in [0.25, 0.3) is 0 Å². The van der Waals surface area contributed by atoms with Gasteiger partial charge in [-0.2, -0.15) is 0 Å². The van der Waals surface area contributed by atoms with Crippen molar-refractivity contribution >= 4 is 50.3 Å². The smallest absolute Gasteiger partial charge is 0.246 e. The van der Waals surface area contributed by atoms with E-state index < -0.39 is 9.84 Å². The van der Waals surface area contributed by atoms with Crippen LogP contribution in [0.15, 0.2) is 48.5 Å². The fourth-order valence-corrected chi connectivity index (χ4v) is 4.99. The summed E-state index contributed by atoms with van der Waals surface area (Å²) in [6.45, 7) is 0.0173. The second kappa shape index (κ2) is 7.86. The molecule has 0 aliphatic carbocycles. The number of nitrogens with zero attached hydrogens (tertiary/aromatic N) is 1. The predicted molar refractivity (Wildman–Crippen MR) is 106 cm³/mol. The van der Waals surface area contributed by atoms with E-state index >= 15 is 0 Å². The van der Waals surface area contributed by atoms with Crippen molar-refractivity contribution in [3.05, 3.63) is 58.6 Å². The van der Waals surface area contributed by atoms with E-state index in [4.69, 9.17) is 23.2 Å². The second-order valence-corrected chi connectivity index (χ2v) is 9.18. The third kappa shape index (κ3) is 4.50. The monoisotopic (exact) mass is 412 g/mol. The molecular formula is C18H18Cl2N2O3S. The highest BCUT2D eigenvalue weighted by Gasteiger charge is 2.35. The summed E-state index contributed by atoms with van der Waals surface area (Å²) in [5.74, 6) is -0.112. The summed E-state index contributed by atoms with van der Waals surface area (Å²) in [6, 6.07) is 13.8. The first-order valence-corrected chi connectivity index (χ1v) is 10.7. The number of carbonyl (C=O) groups excluding carboxylic acids is 1. The van der Waals surface area contributed by atoms with Gasteiger partial charge < -0.3 is 10.2 Å². The Kier molecular flexibility index (Phi) is 5.75. The van der Waals surface area contributed by atoms with E-state index in [0.717, 1.165) is 0 Å². The van der Waals surface area contributed by atoms with Gasteiger partial charge in [-0.25, -0.2) is 8.42 Å². The van der Waals surface area contributed by atoms with Gasteiger partial charge in [0.15, 0.2) is 9.84 Å². The van der Waals surface area contributed by atoms with Gasteiger partial charge in [-0.05, 0) is 36.8 Å². The van der Waals surface area contributed by atoms with Gasteiger partial charge in [-0.15, -0.1) is 0 Å². The van der Waals surface area contributed by atoms with E-state index in [0.29, 0.717) is 27.8 Å². The quantitative estimate of drug-likeness (QED) is 0.813. The second-order valence-electron chi connectivity index (χ2n) is 6.14. The summed E-state index contributed by atoms with van der Waals surface area (Å²) in [5, 5.41) is 3.85. The van der Waals surface area contributed by atoms with Crippen LogP contribution < -0.4 is 10.2 Å². The molecule has 1 heterocycles. The van der Waals surface area contributed by atoms with Crippen LogP contribution in [0.5, 0.6) is 0 Å². The Morgan fingerprint density at radius 2 is 1.85 bits per heavy atom. The third-order valence-corrected chi connectivity index (χ3v) is 6.73. The summed E-state index contributed by atoms with van der Waals surface area (Å²) in [7, 11) is -3.11. The van der Waals surface area contributed by atoms with Gasteiger partial charge in [0.25, 0.3) is 0 Å². The molecular weight excluding hydrogens is 395 g/mol. The Morgan fingerprint density at radius 3 is 2.46 bits per heavy atom. The van der Waals surface area contributed by atoms with Crippen molar-refractivity contribution in [1.82, 2.24) is 0 Å². The standard InChI is InChI=1S/C18H18Cl2N2O3S/c19-16-7-6-13(10-17(16)20)21-11-18(23)22(14-4-2-1-3-5-14)15-8-9-26(24,25)12-15/h1-7,10,15,21H,8-9,11-12H2/t15-/m0/s1. The minimum atomic E-state index is -3.11. The molecule has 2 aromatic rings. The normalized spacial score (nSPS) is 18.5. The number of sulfone groups is 1. The highest BCUT2D eigenvalue weighted by molar-refractivity contribution is 7.91. The van der Waals surface area contributed by atoms with Crippen LogP contribution in [0, 0.1) is 0 Å². The van der Waals surface area contributed by atoms with Gasteiger partial charge in [0.1, 0.15) is 0 Å². The molecule has 1 fully saturated rings. The molecule has 0 aromatic heterocycles. The highest BCUT2D eigenvalue weighted by atomic mass is 35.5. The molecule has 2 aromatic carbocycles. The summed E-state index contributed by atoms with van der Waals surface area (Å²) in [5.41, 5.74) is 1.36. The largest absolute Gasteiger partial charge is 0.376 e. The molecule has 1 atom stereocenters. The maximum absolute atomic E-state index is 12.9. The van der Waals surface area contributed by atoms with E-state index in [1.54, 1.807) is 23.1 Å². The number of nitrogens with one attached hydrogen (secondary N) is 1. The molecule has 1 N–H and O–H groups in total. The summed E-state index contributed by atoms with van der Waals surface area (Å²) >= 11 is 11.9. The van der Waals surface area contributed by atoms with Crippen LogP contribution in [0.3, 0.4) is 0 Å². The number of anilines is 2. The van der Waals surface area contributed by atoms with Crippen molar-refractivity contribution in [1.29, 1.82) is 0 Å². The number of halogens is 2. The number of hydrogen-bond donors (Lipinski definition) is 1. The average Bonchev–Trinajstić information content (AvgIpc) is 2.96. The molecule has 0 saturated carbocycles. The minimum Gasteiger partial charge on any atom is -0.376 e. The SMILES string of the molecule is O=C(CNc1ccc(Cl)c(Cl)c1)N(c1ccccc1)[C@H]1CCS(=O)(=O)C1. The highest BCUT2D eigenvalue weighted by Crippen LogP contribution is 2.26. The zero-order chi connectivity index (χ0) is 18.7. The molecule has 1 aliphatic heterocycles. The Balaban J connectivity index is 1.78. The average molecular weight is 413 g/mol. The topological polar surface area (TPSA) is 66.5 Å². The van der Waals surface area contributed by atoms with E-state index in [1.165, 1.54) is 0 Å². The molecule has 0 spiro atoms. The van der Waals surface area contributed by atoms with Crippen LogP contribution in [0.2, 0.25) is 10.0 Å². The maximum Gasteiger partial charge on any atom is 0.246 e. The van der Waals surface area contributed by atoms with Crippen LogP contribution in [-0.2, 0) is 14.6 Å². The predicted octanol–water partition coefficient (Wildman–Crippen LogP) is 3.63. The van der Waals surface area contributed by atoms with E-state index in [1.807, 2.05) is 30.3 Å². The Hall–Kier alpha value is -1.76. The zero-order valence-electron chi connectivity index (χ0n) is 13.9. The molecule has 3 rings (SSSR count). The molecule has 1 amide bonds. The molecule has 0 radical (unpaired) electrons. The molecule has 1 aliphatic rings. The van der Waals surface area contributed by atoms with Crippen LogP contribution in [-0.4, -0.2) is 38.4 Å². The van der Waals surface area contributed by atoms with Gasteiger partial charge in [-0.1, -0.05) is 41.4 Å². The molecule has 138 valence electrons. The number of amides is 1. The van der Waals surface area contributed by atoms with Gasteiger partial charge >= 0.3 is 0 Å². The fraction of sp³-hybridized carbons (Fsp3) is 0.278. The third-order valence-electron chi connectivity index (χ3n) is 4.24. The number of benzene rings is 2. The molecule has 0 bridgehead atoms. The summed E-state index contributed by atoms with van der Waals surface area (Å²) < 4.78 is 23.7. The van der Waals surface area contributed by atoms with Crippen LogP contribution in [0.4, 0.5) is 11.4 Å². The van der Waals surface area contributed by atoms with E-state index in [9.17, 15) is 13.2 Å². The lowest BCUT2D eigenvalue weighted by molar-refractivity contribution is -0.117. The van der Waals surface area contributed by atoms with Crippen LogP contribution >= 0.6 is 23.2 Å². The molecule has 0 unspecified atom stereocenters. The lowest BCUT2D eigenvalue weighted by atomic mass is 10.1. The first-order valence-electron chi connectivity index (χ1n) is 8.12. The van der Waals surface area contributed by atoms with Crippen molar-refractivity contribution in [2.75, 3.05) is 28.3 Å². The van der Waals surface area contributed by atoms with Crippen molar-refractivity contribution in [2.45, 2.75) is 12.5 Å². The van der Waals surface area contributed by atoms with E-state index in [2.05, 4.69) is 5.32 Å². The number of para-hydroxylation sites is 1. The number of rotatable bonds is 5. The van der Waals surface area contributed by atoms with Gasteiger partial charge in [-0.3, -0.25) is 4.79 Å². The fourth-order valence-electron chi connectivity index (χ4n) is 2.99. The van der Waals surface area contributed by atoms with Crippen molar-refractivity contribution in [3.8, 4) is 0 Å². The summed E-state index contributed by atoms with van der Waals surface area (Å²) in [4.78, 5) is 14.5. The van der Waals surface area contributed by atoms with Gasteiger partial charge in [0.2, 0.25) is 5.91 Å². The van der Waals surface area contributed by atoms with Crippen LogP contribution in [0.1, 0.15) is 6.42 Å². The maximum atomic E-state index is 12.9. The Labute approximate surface area is 162 Å². The van der Waals surface area contributed by atoms with Crippen molar-refractivity contribution in [3.63, 3.8) is 0 Å². The lowest BCUT2D eigenvalue weighted by Gasteiger charge is -2.28. The van der Waals surface area contributed by atoms with Crippen molar-refractivity contribution in [2.24, 2.45) is 0 Å². The van der Waals surface area contributed by atoms with Crippen molar-refractivity contribution < 1.29 is 13.2 Å². The first-order chi connectivity index (χ1) is 12.4. The number of hydrogen-bond acceptors (Lipinski definition) is 4. The Bertz CT molecular complexity index is 904. The molecule has 26 heavy (non-hydrogen) atoms. The molecule has 1 saturated heterocycles. The minimum absolute atomic E-state index is 0.0135. The first kappa shape index (κ1) is 19.0. The lowest BCUT2D eigenvalue weighted by Crippen LogP contribution is -2.44. The Morgan fingerprint density at radius 1 is 1.12 bits per heavy atom. The van der Waals surface area contributed by atoms with Gasteiger partial charge in [0, 0.05) is 11.4 Å². The van der Waals surface area contributed by atoms with Gasteiger partial charge in [0.05, 0.1) is 34.1 Å². The zero-order valence-corrected chi connectivity index (χ0v) is 16.2. The molecule has 8 heteroatoms. The molecule has 5 nitrogen and oxygen atoms in total. The summed E-state index contributed by atoms with van der Waals surface area (Å²) in [6.07, 6.45) is 0.440. The number of carbonyl (C=O) groups is 1. The van der Waals surface area contributed by atoms with E-state index in [-0.39, 0.29) is 30.0 Å².